The zero-order valence-electron chi connectivity index (χ0n) is 16.1. The topological polar surface area (TPSA) is 65.0 Å². The summed E-state index contributed by atoms with van der Waals surface area (Å²) in [6, 6.07) is 13.3. The number of hydrogen-bond acceptors (Lipinski definition) is 5. The molecule has 7 nitrogen and oxygen atoms in total. The molecule has 2 aliphatic rings. The lowest BCUT2D eigenvalue weighted by atomic mass is 10.1. The molecule has 0 aliphatic carbocycles. The third-order valence-electron chi connectivity index (χ3n) is 5.42. The number of carbonyl (C=O) groups excluding carboxylic acids is 1. The van der Waals surface area contributed by atoms with Gasteiger partial charge < -0.3 is 24.1 Å². The predicted octanol–water partition coefficient (Wildman–Crippen LogP) is 2.95. The first-order chi connectivity index (χ1) is 14.3. The normalized spacial score (nSPS) is 16.3. The molecule has 1 amide bonds. The van der Waals surface area contributed by atoms with Gasteiger partial charge in [0.25, 0.3) is 5.91 Å². The molecule has 1 aromatic heterocycles. The van der Waals surface area contributed by atoms with Crippen molar-refractivity contribution in [3.8, 4) is 11.5 Å². The largest absolute Gasteiger partial charge is 0.454 e. The minimum atomic E-state index is -0.172. The molecule has 1 N–H and O–H groups in total. The van der Waals surface area contributed by atoms with E-state index in [2.05, 4.69) is 33.1 Å². The summed E-state index contributed by atoms with van der Waals surface area (Å²) in [5.41, 5.74) is 2.47. The second-order valence-electron chi connectivity index (χ2n) is 7.26. The van der Waals surface area contributed by atoms with E-state index in [1.54, 1.807) is 18.2 Å². The molecule has 1 saturated heterocycles. The van der Waals surface area contributed by atoms with Crippen molar-refractivity contribution >= 4 is 22.5 Å². The van der Waals surface area contributed by atoms with E-state index in [0.29, 0.717) is 17.1 Å². The average molecular weight is 393 g/mol. The Kier molecular flexibility index (Phi) is 4.83. The van der Waals surface area contributed by atoms with Gasteiger partial charge in [0.15, 0.2) is 11.5 Å². The van der Waals surface area contributed by atoms with Crippen molar-refractivity contribution in [2.45, 2.75) is 6.54 Å². The van der Waals surface area contributed by atoms with E-state index in [1.807, 2.05) is 12.1 Å². The number of fused-ring (bicyclic) bond motifs is 2. The lowest BCUT2D eigenvalue weighted by molar-refractivity contribution is 0.0365. The van der Waals surface area contributed by atoms with Crippen LogP contribution in [0, 0.1) is 0 Å². The maximum Gasteiger partial charge on any atom is 0.255 e. The molecule has 5 rings (SSSR count). The van der Waals surface area contributed by atoms with Crippen molar-refractivity contribution in [2.75, 3.05) is 45.0 Å². The van der Waals surface area contributed by atoms with Gasteiger partial charge in [0.2, 0.25) is 6.79 Å². The second-order valence-corrected chi connectivity index (χ2v) is 7.26. The molecule has 3 heterocycles. The maximum absolute atomic E-state index is 12.6. The van der Waals surface area contributed by atoms with Gasteiger partial charge in [-0.2, -0.15) is 0 Å². The van der Waals surface area contributed by atoms with Gasteiger partial charge in [-0.3, -0.25) is 9.69 Å². The number of nitrogens with one attached hydrogen (secondary N) is 1. The van der Waals surface area contributed by atoms with Crippen LogP contribution in [0.2, 0.25) is 0 Å². The van der Waals surface area contributed by atoms with Gasteiger partial charge in [-0.05, 0) is 42.5 Å². The van der Waals surface area contributed by atoms with E-state index >= 15 is 0 Å². The van der Waals surface area contributed by atoms with E-state index in [0.717, 1.165) is 50.5 Å². The van der Waals surface area contributed by atoms with Gasteiger partial charge in [-0.25, -0.2) is 0 Å². The fourth-order valence-corrected chi connectivity index (χ4v) is 3.79. The number of ether oxygens (including phenoxy) is 3. The Hall–Kier alpha value is -3.03. The zero-order valence-corrected chi connectivity index (χ0v) is 16.1. The molecule has 29 heavy (non-hydrogen) atoms. The lowest BCUT2D eigenvalue weighted by Gasteiger charge is -2.26. The summed E-state index contributed by atoms with van der Waals surface area (Å²) in [6.45, 7) is 5.77. The first kappa shape index (κ1) is 18.0. The van der Waals surface area contributed by atoms with Gasteiger partial charge in [-0.1, -0.05) is 0 Å². The van der Waals surface area contributed by atoms with Crippen molar-refractivity contribution in [1.82, 2.24) is 9.47 Å². The Morgan fingerprint density at radius 1 is 0.966 bits per heavy atom. The van der Waals surface area contributed by atoms with Gasteiger partial charge >= 0.3 is 0 Å². The maximum atomic E-state index is 12.6. The van der Waals surface area contributed by atoms with Crippen LogP contribution in [-0.2, 0) is 11.3 Å². The average Bonchev–Trinajstić information content (AvgIpc) is 3.39. The van der Waals surface area contributed by atoms with Crippen molar-refractivity contribution in [2.24, 2.45) is 0 Å². The Morgan fingerprint density at radius 3 is 2.72 bits per heavy atom. The van der Waals surface area contributed by atoms with Crippen LogP contribution in [0.5, 0.6) is 11.5 Å². The van der Waals surface area contributed by atoms with Crippen LogP contribution in [0.4, 0.5) is 5.69 Å². The quantitative estimate of drug-likeness (QED) is 0.722. The van der Waals surface area contributed by atoms with E-state index in [9.17, 15) is 4.79 Å². The summed E-state index contributed by atoms with van der Waals surface area (Å²) < 4.78 is 18.3. The standard InChI is InChI=1S/C22H23N3O4/c26-22(17-1-4-20-21(14-17)29-15-28-20)23-18-2-3-19-16(13-18)5-6-25(19)8-7-24-9-11-27-12-10-24/h1-6,13-14H,7-12,15H2,(H,23,26). The number of carbonyl (C=O) groups is 1. The van der Waals surface area contributed by atoms with E-state index in [4.69, 9.17) is 14.2 Å². The number of benzene rings is 2. The molecular formula is C22H23N3O4. The third kappa shape index (κ3) is 3.79. The van der Waals surface area contributed by atoms with Crippen LogP contribution in [0.3, 0.4) is 0 Å². The molecule has 0 spiro atoms. The molecule has 0 radical (unpaired) electrons. The van der Waals surface area contributed by atoms with E-state index < -0.39 is 0 Å². The molecule has 0 saturated carbocycles. The smallest absolute Gasteiger partial charge is 0.255 e. The Balaban J connectivity index is 1.27. The van der Waals surface area contributed by atoms with Crippen molar-refractivity contribution < 1.29 is 19.0 Å². The number of nitrogens with zero attached hydrogens (tertiary/aromatic N) is 2. The monoisotopic (exact) mass is 393 g/mol. The highest BCUT2D eigenvalue weighted by Crippen LogP contribution is 2.32. The Bertz CT molecular complexity index is 1040. The van der Waals surface area contributed by atoms with Gasteiger partial charge in [-0.15, -0.1) is 0 Å². The summed E-state index contributed by atoms with van der Waals surface area (Å²) in [6.07, 6.45) is 2.11. The highest BCUT2D eigenvalue weighted by atomic mass is 16.7. The van der Waals surface area contributed by atoms with Crippen molar-refractivity contribution in [1.29, 1.82) is 0 Å². The van der Waals surface area contributed by atoms with E-state index in [-0.39, 0.29) is 12.7 Å². The summed E-state index contributed by atoms with van der Waals surface area (Å²) >= 11 is 0. The molecule has 1 fully saturated rings. The van der Waals surface area contributed by atoms with E-state index in [1.165, 1.54) is 5.52 Å². The number of anilines is 1. The first-order valence-electron chi connectivity index (χ1n) is 9.86. The molecule has 2 aliphatic heterocycles. The van der Waals surface area contributed by atoms with Crippen LogP contribution in [0.25, 0.3) is 10.9 Å². The second kappa shape index (κ2) is 7.77. The molecular weight excluding hydrogens is 370 g/mol. The number of aromatic nitrogens is 1. The number of hydrogen-bond donors (Lipinski definition) is 1. The van der Waals surface area contributed by atoms with Crippen LogP contribution < -0.4 is 14.8 Å². The predicted molar refractivity (Wildman–Crippen MR) is 110 cm³/mol. The third-order valence-corrected chi connectivity index (χ3v) is 5.42. The minimum Gasteiger partial charge on any atom is -0.454 e. The highest BCUT2D eigenvalue weighted by Gasteiger charge is 2.16. The highest BCUT2D eigenvalue weighted by molar-refractivity contribution is 6.05. The fourth-order valence-electron chi connectivity index (χ4n) is 3.79. The number of rotatable bonds is 5. The SMILES string of the molecule is O=C(Nc1ccc2c(ccn2CCN2CCOCC2)c1)c1ccc2c(c1)OCO2. The lowest BCUT2D eigenvalue weighted by Crippen LogP contribution is -2.38. The van der Waals surface area contributed by atoms with Crippen LogP contribution in [0.1, 0.15) is 10.4 Å². The fraction of sp³-hybridized carbons (Fsp3) is 0.318. The molecule has 3 aromatic rings. The number of morpholine rings is 1. The molecule has 0 unspecified atom stereocenters. The first-order valence-corrected chi connectivity index (χ1v) is 9.86. The van der Waals surface area contributed by atoms with Crippen molar-refractivity contribution in [3.63, 3.8) is 0 Å². The van der Waals surface area contributed by atoms with Crippen molar-refractivity contribution in [3.05, 3.63) is 54.2 Å². The van der Waals surface area contributed by atoms with Crippen LogP contribution >= 0.6 is 0 Å². The zero-order chi connectivity index (χ0) is 19.6. The molecule has 0 atom stereocenters. The molecule has 7 heteroatoms. The summed E-state index contributed by atoms with van der Waals surface area (Å²) in [4.78, 5) is 15.0. The van der Waals surface area contributed by atoms with Crippen LogP contribution in [-0.4, -0.2) is 55.0 Å². The molecule has 2 aromatic carbocycles. The Labute approximate surface area is 168 Å². The Morgan fingerprint density at radius 2 is 1.83 bits per heavy atom. The van der Waals surface area contributed by atoms with Gasteiger partial charge in [0, 0.05) is 54.5 Å². The van der Waals surface area contributed by atoms with Gasteiger partial charge in [0.05, 0.1) is 13.2 Å². The van der Waals surface area contributed by atoms with Crippen LogP contribution in [0.15, 0.2) is 48.7 Å². The minimum absolute atomic E-state index is 0.172. The summed E-state index contributed by atoms with van der Waals surface area (Å²) in [5.74, 6) is 1.10. The number of amides is 1. The molecule has 0 bridgehead atoms. The van der Waals surface area contributed by atoms with Gasteiger partial charge in [0.1, 0.15) is 0 Å². The summed E-state index contributed by atoms with van der Waals surface area (Å²) in [7, 11) is 0. The molecule has 150 valence electrons. The summed E-state index contributed by atoms with van der Waals surface area (Å²) in [5, 5.41) is 4.07.